The predicted octanol–water partition coefficient (Wildman–Crippen LogP) is 3.05. The molecular formula is C13H14ClN3S. The van der Waals surface area contributed by atoms with E-state index in [1.54, 1.807) is 17.8 Å². The maximum Gasteiger partial charge on any atom is 0.111 e. The Bertz CT molecular complexity index is 586. The molecule has 2 aromatic rings. The molecule has 18 heavy (non-hydrogen) atoms. The number of benzene rings is 1. The maximum atomic E-state index is 8.97. The third-order valence-electron chi connectivity index (χ3n) is 2.79. The van der Waals surface area contributed by atoms with Crippen LogP contribution in [0.2, 0.25) is 0 Å². The van der Waals surface area contributed by atoms with Crippen LogP contribution in [0, 0.1) is 11.3 Å². The van der Waals surface area contributed by atoms with E-state index in [4.69, 9.17) is 16.9 Å². The number of nitriles is 1. The van der Waals surface area contributed by atoms with Crippen molar-refractivity contribution in [2.45, 2.75) is 13.0 Å². The maximum absolute atomic E-state index is 8.97. The molecule has 0 saturated heterocycles. The lowest BCUT2D eigenvalue weighted by atomic mass is 10.2. The number of fused-ring (bicyclic) bond motifs is 1. The van der Waals surface area contributed by atoms with Gasteiger partial charge in [-0.25, -0.2) is 4.98 Å². The van der Waals surface area contributed by atoms with Crippen LogP contribution >= 0.6 is 23.4 Å². The van der Waals surface area contributed by atoms with Gasteiger partial charge >= 0.3 is 0 Å². The largest absolute Gasteiger partial charge is 0.327 e. The van der Waals surface area contributed by atoms with Gasteiger partial charge in [0.15, 0.2) is 0 Å². The van der Waals surface area contributed by atoms with Gasteiger partial charge in [0.1, 0.15) is 5.82 Å². The van der Waals surface area contributed by atoms with E-state index in [0.717, 1.165) is 35.6 Å². The first-order chi connectivity index (χ1) is 8.80. The molecule has 0 radical (unpaired) electrons. The fraction of sp³-hybridized carbons (Fsp3) is 0.385. The number of aromatic nitrogens is 2. The SMILES string of the molecule is CSCCn1c(CCCl)nc2ccc(C#N)cc21. The smallest absolute Gasteiger partial charge is 0.111 e. The van der Waals surface area contributed by atoms with Gasteiger partial charge in [-0.2, -0.15) is 17.0 Å². The molecule has 0 saturated carbocycles. The number of aryl methyl sites for hydroxylation is 2. The van der Waals surface area contributed by atoms with Gasteiger partial charge in [-0.1, -0.05) is 0 Å². The highest BCUT2D eigenvalue weighted by Gasteiger charge is 2.10. The molecule has 0 spiro atoms. The summed E-state index contributed by atoms with van der Waals surface area (Å²) >= 11 is 7.62. The van der Waals surface area contributed by atoms with Gasteiger partial charge in [0.05, 0.1) is 22.7 Å². The Labute approximate surface area is 116 Å². The van der Waals surface area contributed by atoms with E-state index in [1.165, 1.54) is 0 Å². The summed E-state index contributed by atoms with van der Waals surface area (Å²) in [5.74, 6) is 2.59. The third kappa shape index (κ3) is 2.63. The van der Waals surface area contributed by atoms with Crippen molar-refractivity contribution in [1.29, 1.82) is 5.26 Å². The number of rotatable bonds is 5. The van der Waals surface area contributed by atoms with Crippen molar-refractivity contribution in [3.8, 4) is 6.07 Å². The topological polar surface area (TPSA) is 41.6 Å². The Balaban J connectivity index is 2.51. The van der Waals surface area contributed by atoms with Crippen LogP contribution in [0.4, 0.5) is 0 Å². The van der Waals surface area contributed by atoms with E-state index < -0.39 is 0 Å². The van der Waals surface area contributed by atoms with Crippen molar-refractivity contribution >= 4 is 34.4 Å². The second-order valence-electron chi connectivity index (χ2n) is 3.93. The summed E-state index contributed by atoms with van der Waals surface area (Å²) < 4.78 is 2.18. The van der Waals surface area contributed by atoms with Gasteiger partial charge < -0.3 is 4.57 Å². The van der Waals surface area contributed by atoms with E-state index in [9.17, 15) is 0 Å². The molecule has 0 aliphatic carbocycles. The average molecular weight is 280 g/mol. The fourth-order valence-electron chi connectivity index (χ4n) is 1.95. The van der Waals surface area contributed by atoms with Crippen LogP contribution in [0.1, 0.15) is 11.4 Å². The third-order valence-corrected chi connectivity index (χ3v) is 3.57. The van der Waals surface area contributed by atoms with Crippen molar-refractivity contribution < 1.29 is 0 Å². The molecule has 0 unspecified atom stereocenters. The first-order valence-electron chi connectivity index (χ1n) is 5.74. The van der Waals surface area contributed by atoms with Gasteiger partial charge in [-0.3, -0.25) is 0 Å². The Kier molecular flexibility index (Phi) is 4.51. The molecule has 1 aromatic carbocycles. The van der Waals surface area contributed by atoms with E-state index in [1.807, 2.05) is 12.1 Å². The molecule has 2 rings (SSSR count). The first kappa shape index (κ1) is 13.3. The van der Waals surface area contributed by atoms with Gasteiger partial charge in [0.25, 0.3) is 0 Å². The zero-order valence-electron chi connectivity index (χ0n) is 10.2. The molecule has 0 atom stereocenters. The Hall–Kier alpha value is -1.18. The molecular weight excluding hydrogens is 266 g/mol. The molecule has 1 aromatic heterocycles. The highest BCUT2D eigenvalue weighted by Crippen LogP contribution is 2.19. The van der Waals surface area contributed by atoms with Crippen LogP contribution in [0.25, 0.3) is 11.0 Å². The van der Waals surface area contributed by atoms with Crippen LogP contribution < -0.4 is 0 Å². The summed E-state index contributed by atoms with van der Waals surface area (Å²) in [6, 6.07) is 7.78. The molecule has 3 nitrogen and oxygen atoms in total. The predicted molar refractivity (Wildman–Crippen MR) is 77.3 cm³/mol. The van der Waals surface area contributed by atoms with Crippen LogP contribution in [0.3, 0.4) is 0 Å². The molecule has 0 bridgehead atoms. The van der Waals surface area contributed by atoms with Crippen molar-refractivity contribution in [2.24, 2.45) is 0 Å². The molecule has 5 heteroatoms. The number of thioether (sulfide) groups is 1. The number of hydrogen-bond acceptors (Lipinski definition) is 3. The number of imidazole rings is 1. The zero-order chi connectivity index (χ0) is 13.0. The molecule has 0 aliphatic heterocycles. The molecule has 94 valence electrons. The molecule has 1 heterocycles. The van der Waals surface area contributed by atoms with E-state index in [0.29, 0.717) is 11.4 Å². The van der Waals surface area contributed by atoms with Gasteiger partial charge in [-0.15, -0.1) is 11.6 Å². The van der Waals surface area contributed by atoms with E-state index in [2.05, 4.69) is 21.9 Å². The van der Waals surface area contributed by atoms with Gasteiger partial charge in [0.2, 0.25) is 0 Å². The summed E-state index contributed by atoms with van der Waals surface area (Å²) in [4.78, 5) is 4.59. The second kappa shape index (κ2) is 6.12. The van der Waals surface area contributed by atoms with Crippen molar-refractivity contribution in [3.05, 3.63) is 29.6 Å². The van der Waals surface area contributed by atoms with Crippen molar-refractivity contribution in [1.82, 2.24) is 9.55 Å². The van der Waals surface area contributed by atoms with Crippen LogP contribution in [-0.4, -0.2) is 27.4 Å². The van der Waals surface area contributed by atoms with Gasteiger partial charge in [-0.05, 0) is 24.5 Å². The zero-order valence-corrected chi connectivity index (χ0v) is 11.8. The lowest BCUT2D eigenvalue weighted by molar-refractivity contribution is 0.734. The fourth-order valence-corrected chi connectivity index (χ4v) is 2.48. The van der Waals surface area contributed by atoms with Crippen LogP contribution in [0.15, 0.2) is 18.2 Å². The summed E-state index contributed by atoms with van der Waals surface area (Å²) in [5, 5.41) is 8.97. The highest BCUT2D eigenvalue weighted by molar-refractivity contribution is 7.98. The minimum Gasteiger partial charge on any atom is -0.327 e. The highest BCUT2D eigenvalue weighted by atomic mass is 35.5. The summed E-state index contributed by atoms with van der Waals surface area (Å²) in [5.41, 5.74) is 2.64. The van der Waals surface area contributed by atoms with E-state index in [-0.39, 0.29) is 0 Å². The summed E-state index contributed by atoms with van der Waals surface area (Å²) in [6.45, 7) is 0.902. The Morgan fingerprint density at radius 3 is 3.00 bits per heavy atom. The average Bonchev–Trinajstić information content (AvgIpc) is 2.73. The monoisotopic (exact) mass is 279 g/mol. The lowest BCUT2D eigenvalue weighted by Crippen LogP contribution is -2.06. The number of alkyl halides is 1. The molecule has 0 aliphatic rings. The standard InChI is InChI=1S/C13H14ClN3S/c1-18-7-6-17-12-8-10(9-15)2-3-11(12)16-13(17)4-5-14/h2-3,8H,4-7H2,1H3. The van der Waals surface area contributed by atoms with Crippen LogP contribution in [0.5, 0.6) is 0 Å². The minimum absolute atomic E-state index is 0.563. The number of hydrogen-bond donors (Lipinski definition) is 0. The lowest BCUT2D eigenvalue weighted by Gasteiger charge is -2.07. The first-order valence-corrected chi connectivity index (χ1v) is 7.67. The van der Waals surface area contributed by atoms with E-state index >= 15 is 0 Å². The van der Waals surface area contributed by atoms with Crippen molar-refractivity contribution in [3.63, 3.8) is 0 Å². The van der Waals surface area contributed by atoms with Crippen LogP contribution in [-0.2, 0) is 13.0 Å². The normalized spacial score (nSPS) is 10.7. The molecule has 0 amide bonds. The molecule has 0 N–H and O–H groups in total. The number of halogens is 1. The summed E-state index contributed by atoms with van der Waals surface area (Å²) in [7, 11) is 0. The second-order valence-corrected chi connectivity index (χ2v) is 5.29. The van der Waals surface area contributed by atoms with Gasteiger partial charge in [0, 0.05) is 24.6 Å². The molecule has 0 fully saturated rings. The quantitative estimate of drug-likeness (QED) is 0.790. The Morgan fingerprint density at radius 1 is 1.50 bits per heavy atom. The Morgan fingerprint density at radius 2 is 2.33 bits per heavy atom. The summed E-state index contributed by atoms with van der Waals surface area (Å²) in [6.07, 6.45) is 2.84. The number of nitrogens with zero attached hydrogens (tertiary/aromatic N) is 3. The minimum atomic E-state index is 0.563. The van der Waals surface area contributed by atoms with Crippen molar-refractivity contribution in [2.75, 3.05) is 17.9 Å².